The van der Waals surface area contributed by atoms with Gasteiger partial charge >= 0.3 is 6.09 Å². The Balaban J connectivity index is 2.28. The molecule has 0 radical (unpaired) electrons. The average molecular weight is 218 g/mol. The first-order chi connectivity index (χ1) is 7.15. The minimum Gasteiger partial charge on any atom is -0.449 e. The zero-order valence-electron chi connectivity index (χ0n) is 9.12. The van der Waals surface area contributed by atoms with Crippen LogP contribution in [-0.4, -0.2) is 42.9 Å². The number of nitrogens with two attached hydrogens (primary N) is 1. The number of hydrogen-bond donors (Lipinski definition) is 1. The van der Waals surface area contributed by atoms with Gasteiger partial charge in [0.2, 0.25) is 0 Å². The van der Waals surface area contributed by atoms with Gasteiger partial charge in [-0.25, -0.2) is 9.18 Å². The molecule has 0 aliphatic carbocycles. The summed E-state index contributed by atoms with van der Waals surface area (Å²) >= 11 is 0. The van der Waals surface area contributed by atoms with E-state index in [0.717, 1.165) is 12.8 Å². The maximum atomic E-state index is 13.0. The van der Waals surface area contributed by atoms with Crippen molar-refractivity contribution in [2.24, 2.45) is 5.73 Å². The molecule has 1 saturated heterocycles. The molecule has 0 spiro atoms. The second kappa shape index (κ2) is 5.90. The number of unbranched alkanes of at least 4 members (excludes halogenated alkanes) is 1. The van der Waals surface area contributed by atoms with Crippen molar-refractivity contribution in [3.63, 3.8) is 0 Å². The summed E-state index contributed by atoms with van der Waals surface area (Å²) in [6.45, 7) is 3.12. The lowest BCUT2D eigenvalue weighted by atomic mass is 10.1. The van der Waals surface area contributed by atoms with E-state index in [1.54, 1.807) is 0 Å². The lowest BCUT2D eigenvalue weighted by Crippen LogP contribution is -2.51. The van der Waals surface area contributed by atoms with E-state index in [1.807, 2.05) is 6.92 Å². The Morgan fingerprint density at radius 1 is 1.67 bits per heavy atom. The molecule has 0 aromatic rings. The van der Waals surface area contributed by atoms with Crippen molar-refractivity contribution in [3.8, 4) is 0 Å². The molecule has 2 atom stereocenters. The van der Waals surface area contributed by atoms with Crippen molar-refractivity contribution >= 4 is 6.09 Å². The van der Waals surface area contributed by atoms with Crippen LogP contribution < -0.4 is 5.73 Å². The van der Waals surface area contributed by atoms with E-state index in [1.165, 1.54) is 4.90 Å². The van der Waals surface area contributed by atoms with Crippen molar-refractivity contribution in [1.82, 2.24) is 4.90 Å². The Morgan fingerprint density at radius 2 is 2.40 bits per heavy atom. The molecule has 2 N–H and O–H groups in total. The van der Waals surface area contributed by atoms with Crippen LogP contribution in [0, 0.1) is 0 Å². The van der Waals surface area contributed by atoms with Gasteiger partial charge in [-0.15, -0.1) is 0 Å². The summed E-state index contributed by atoms with van der Waals surface area (Å²) in [6, 6.07) is -0.572. The first kappa shape index (κ1) is 12.2. The second-order valence-corrected chi connectivity index (χ2v) is 3.88. The van der Waals surface area contributed by atoms with Crippen LogP contribution in [0.3, 0.4) is 0 Å². The van der Waals surface area contributed by atoms with Crippen molar-refractivity contribution in [1.29, 1.82) is 0 Å². The number of piperidine rings is 1. The van der Waals surface area contributed by atoms with Gasteiger partial charge in [-0.05, 0) is 12.8 Å². The van der Waals surface area contributed by atoms with Gasteiger partial charge in [0.15, 0.2) is 0 Å². The third-order valence-electron chi connectivity index (χ3n) is 2.55. The Labute approximate surface area is 89.6 Å². The van der Waals surface area contributed by atoms with Crippen LogP contribution >= 0.6 is 0 Å². The van der Waals surface area contributed by atoms with E-state index in [0.29, 0.717) is 19.6 Å². The molecule has 0 aromatic heterocycles. The van der Waals surface area contributed by atoms with Gasteiger partial charge < -0.3 is 15.4 Å². The molecule has 0 aromatic carbocycles. The van der Waals surface area contributed by atoms with Crippen LogP contribution in [-0.2, 0) is 4.74 Å². The van der Waals surface area contributed by atoms with Crippen molar-refractivity contribution in [3.05, 3.63) is 0 Å². The summed E-state index contributed by atoms with van der Waals surface area (Å²) in [6.07, 6.45) is 0.788. The van der Waals surface area contributed by atoms with Gasteiger partial charge in [0, 0.05) is 13.1 Å². The number of alkyl halides is 1. The zero-order valence-corrected chi connectivity index (χ0v) is 9.12. The highest BCUT2D eigenvalue weighted by Gasteiger charge is 2.29. The summed E-state index contributed by atoms with van der Waals surface area (Å²) in [5.41, 5.74) is 5.54. The number of amides is 1. The smallest absolute Gasteiger partial charge is 0.409 e. The first-order valence-corrected chi connectivity index (χ1v) is 5.46. The highest BCUT2D eigenvalue weighted by molar-refractivity contribution is 5.67. The molecule has 1 heterocycles. The maximum Gasteiger partial charge on any atom is 0.409 e. The molecule has 1 fully saturated rings. The Bertz CT molecular complexity index is 214. The molecule has 15 heavy (non-hydrogen) atoms. The summed E-state index contributed by atoms with van der Waals surface area (Å²) in [5, 5.41) is 0. The summed E-state index contributed by atoms with van der Waals surface area (Å²) < 4.78 is 18.0. The van der Waals surface area contributed by atoms with Crippen molar-refractivity contribution in [2.45, 2.75) is 38.4 Å². The molecule has 0 unspecified atom stereocenters. The van der Waals surface area contributed by atoms with Gasteiger partial charge in [0.25, 0.3) is 0 Å². The molecule has 88 valence electrons. The van der Waals surface area contributed by atoms with Crippen LogP contribution in [0.2, 0.25) is 0 Å². The van der Waals surface area contributed by atoms with Gasteiger partial charge in [-0.3, -0.25) is 0 Å². The SMILES string of the molecule is CCCCOC(=O)N1CC[C@H](F)[C@@H](N)C1. The average Bonchev–Trinajstić information content (AvgIpc) is 2.22. The molecule has 0 saturated carbocycles. The van der Waals surface area contributed by atoms with Crippen molar-refractivity contribution in [2.75, 3.05) is 19.7 Å². The Hall–Kier alpha value is -0.840. The minimum atomic E-state index is -0.996. The number of carbonyl (C=O) groups is 1. The molecule has 5 heteroatoms. The van der Waals surface area contributed by atoms with Crippen molar-refractivity contribution < 1.29 is 13.9 Å². The zero-order chi connectivity index (χ0) is 11.3. The number of halogens is 1. The van der Waals surface area contributed by atoms with Crippen LogP contribution in [0.25, 0.3) is 0 Å². The number of nitrogens with zero attached hydrogens (tertiary/aromatic N) is 1. The largest absolute Gasteiger partial charge is 0.449 e. The maximum absolute atomic E-state index is 13.0. The standard InChI is InChI=1S/C10H19FN2O2/c1-2-3-6-15-10(14)13-5-4-8(11)9(12)7-13/h8-9H,2-7,12H2,1H3/t8-,9-/m0/s1. The fourth-order valence-electron chi connectivity index (χ4n) is 1.51. The molecule has 1 aliphatic heterocycles. The molecular formula is C10H19FN2O2. The summed E-state index contributed by atoms with van der Waals surface area (Å²) in [7, 11) is 0. The topological polar surface area (TPSA) is 55.6 Å². The van der Waals surface area contributed by atoms with Crippen LogP contribution in [0.5, 0.6) is 0 Å². The monoisotopic (exact) mass is 218 g/mol. The summed E-state index contributed by atoms with van der Waals surface area (Å²) in [4.78, 5) is 12.9. The summed E-state index contributed by atoms with van der Waals surface area (Å²) in [5.74, 6) is 0. The molecule has 0 bridgehead atoms. The van der Waals surface area contributed by atoms with Gasteiger partial charge in [0.1, 0.15) is 6.17 Å². The molecule has 4 nitrogen and oxygen atoms in total. The fraction of sp³-hybridized carbons (Fsp3) is 0.900. The van der Waals surface area contributed by atoms with Crippen LogP contribution in [0.15, 0.2) is 0 Å². The normalized spacial score (nSPS) is 26.5. The predicted molar refractivity (Wildman–Crippen MR) is 55.3 cm³/mol. The molecule has 1 rings (SSSR count). The Morgan fingerprint density at radius 3 is 3.00 bits per heavy atom. The number of rotatable bonds is 3. The quantitative estimate of drug-likeness (QED) is 0.726. The Kier molecular flexibility index (Phi) is 4.81. The van der Waals surface area contributed by atoms with E-state index in [-0.39, 0.29) is 12.6 Å². The third-order valence-corrected chi connectivity index (χ3v) is 2.55. The third kappa shape index (κ3) is 3.66. The number of hydrogen-bond acceptors (Lipinski definition) is 3. The van der Waals surface area contributed by atoms with Crippen LogP contribution in [0.1, 0.15) is 26.2 Å². The molecular weight excluding hydrogens is 199 g/mol. The van der Waals surface area contributed by atoms with E-state index in [2.05, 4.69) is 0 Å². The fourth-order valence-corrected chi connectivity index (χ4v) is 1.51. The lowest BCUT2D eigenvalue weighted by Gasteiger charge is -2.32. The predicted octanol–water partition coefficient (Wildman–Crippen LogP) is 1.29. The molecule has 1 aliphatic rings. The first-order valence-electron chi connectivity index (χ1n) is 5.46. The van der Waals surface area contributed by atoms with Crippen LogP contribution in [0.4, 0.5) is 9.18 Å². The number of carbonyl (C=O) groups excluding carboxylic acids is 1. The van der Waals surface area contributed by atoms with Gasteiger partial charge in [0.05, 0.1) is 12.6 Å². The highest BCUT2D eigenvalue weighted by atomic mass is 19.1. The number of likely N-dealkylation sites (tertiary alicyclic amines) is 1. The van der Waals surface area contributed by atoms with E-state index >= 15 is 0 Å². The van der Waals surface area contributed by atoms with E-state index < -0.39 is 12.2 Å². The number of ether oxygens (including phenoxy) is 1. The van der Waals surface area contributed by atoms with Gasteiger partial charge in [-0.1, -0.05) is 13.3 Å². The van der Waals surface area contributed by atoms with E-state index in [9.17, 15) is 9.18 Å². The minimum absolute atomic E-state index is 0.256. The molecule has 1 amide bonds. The second-order valence-electron chi connectivity index (χ2n) is 3.88. The van der Waals surface area contributed by atoms with E-state index in [4.69, 9.17) is 10.5 Å². The lowest BCUT2D eigenvalue weighted by molar-refractivity contribution is 0.0740. The highest BCUT2D eigenvalue weighted by Crippen LogP contribution is 2.13. The van der Waals surface area contributed by atoms with Gasteiger partial charge in [-0.2, -0.15) is 0 Å².